The van der Waals surface area contributed by atoms with Gasteiger partial charge in [0, 0.05) is 13.0 Å². The van der Waals surface area contributed by atoms with Gasteiger partial charge in [0.25, 0.3) is 0 Å². The van der Waals surface area contributed by atoms with E-state index >= 15 is 0 Å². The Morgan fingerprint density at radius 1 is 1.30 bits per heavy atom. The molecule has 0 spiro atoms. The van der Waals surface area contributed by atoms with Crippen LogP contribution in [0.1, 0.15) is 36.7 Å². The maximum absolute atomic E-state index is 12.5. The Kier molecular flexibility index (Phi) is 6.03. The van der Waals surface area contributed by atoms with Gasteiger partial charge in [0.15, 0.2) is 0 Å². The zero-order valence-electron chi connectivity index (χ0n) is 14.1. The second-order valence-corrected chi connectivity index (χ2v) is 6.64. The average molecular weight is 409 g/mol. The SMILES string of the molecule is CCOC(=O)CC(c1cccc(OS(=O)(=O)C(F)(F)F)n1)c1nnc(C)o1. The molecule has 0 N–H and O–H groups in total. The van der Waals surface area contributed by atoms with Crippen molar-refractivity contribution in [1.82, 2.24) is 15.2 Å². The molecular formula is C14H14F3N3O6S. The minimum Gasteiger partial charge on any atom is -0.466 e. The first-order valence-electron chi connectivity index (χ1n) is 7.47. The Labute approximate surface area is 151 Å². The molecule has 0 radical (unpaired) electrons. The van der Waals surface area contributed by atoms with Crippen LogP contribution < -0.4 is 4.18 Å². The van der Waals surface area contributed by atoms with Crippen molar-refractivity contribution in [1.29, 1.82) is 0 Å². The minimum absolute atomic E-state index is 0.0124. The average Bonchev–Trinajstić information content (AvgIpc) is 2.98. The number of hydrogen-bond acceptors (Lipinski definition) is 9. The van der Waals surface area contributed by atoms with Crippen molar-refractivity contribution in [3.63, 3.8) is 0 Å². The minimum atomic E-state index is -5.89. The van der Waals surface area contributed by atoms with Gasteiger partial charge in [-0.2, -0.15) is 21.6 Å². The number of alkyl halides is 3. The highest BCUT2D eigenvalue weighted by Gasteiger charge is 2.48. The smallest absolute Gasteiger partial charge is 0.466 e. The summed E-state index contributed by atoms with van der Waals surface area (Å²) in [4.78, 5) is 15.6. The predicted octanol–water partition coefficient (Wildman–Crippen LogP) is 2.09. The molecule has 0 saturated carbocycles. The van der Waals surface area contributed by atoms with E-state index in [-0.39, 0.29) is 30.5 Å². The van der Waals surface area contributed by atoms with Gasteiger partial charge < -0.3 is 13.3 Å². The third-order valence-corrected chi connectivity index (χ3v) is 4.05. The van der Waals surface area contributed by atoms with Crippen LogP contribution in [-0.2, 0) is 19.6 Å². The number of rotatable bonds is 7. The Morgan fingerprint density at radius 3 is 2.56 bits per heavy atom. The van der Waals surface area contributed by atoms with E-state index in [1.807, 2.05) is 0 Å². The van der Waals surface area contributed by atoms with Crippen LogP contribution in [0.15, 0.2) is 22.6 Å². The van der Waals surface area contributed by atoms with E-state index in [0.29, 0.717) is 0 Å². The van der Waals surface area contributed by atoms with Crippen LogP contribution in [0.2, 0.25) is 0 Å². The molecule has 0 saturated heterocycles. The molecule has 1 atom stereocenters. The lowest BCUT2D eigenvalue weighted by Crippen LogP contribution is -2.28. The van der Waals surface area contributed by atoms with E-state index < -0.39 is 33.4 Å². The molecule has 1 unspecified atom stereocenters. The highest BCUT2D eigenvalue weighted by molar-refractivity contribution is 7.87. The first-order valence-corrected chi connectivity index (χ1v) is 8.87. The first kappa shape index (κ1) is 20.6. The topological polar surface area (TPSA) is 121 Å². The van der Waals surface area contributed by atoms with Gasteiger partial charge in [0.05, 0.1) is 24.6 Å². The first-order chi connectivity index (χ1) is 12.5. The summed E-state index contributed by atoms with van der Waals surface area (Å²) in [6.45, 7) is 3.20. The maximum atomic E-state index is 12.5. The number of halogens is 3. The van der Waals surface area contributed by atoms with Crippen molar-refractivity contribution in [2.24, 2.45) is 0 Å². The fourth-order valence-corrected chi connectivity index (χ4v) is 2.40. The number of aromatic nitrogens is 3. The molecule has 2 rings (SSSR count). The quantitative estimate of drug-likeness (QED) is 0.384. The monoisotopic (exact) mass is 409 g/mol. The van der Waals surface area contributed by atoms with Gasteiger partial charge in [-0.25, -0.2) is 4.98 Å². The number of aryl methyl sites for hydroxylation is 1. The molecule has 0 amide bonds. The van der Waals surface area contributed by atoms with Crippen molar-refractivity contribution in [3.8, 4) is 5.88 Å². The van der Waals surface area contributed by atoms with E-state index in [1.54, 1.807) is 6.92 Å². The molecule has 148 valence electrons. The zero-order valence-corrected chi connectivity index (χ0v) is 14.9. The number of nitrogens with zero attached hydrogens (tertiary/aromatic N) is 3. The standard InChI is InChI=1S/C14H14F3N3O6S/c1-3-24-12(21)7-9(13-20-19-8(2)25-13)10-5-4-6-11(18-10)26-27(22,23)14(15,16)17/h4-6,9H,3,7H2,1-2H3. The van der Waals surface area contributed by atoms with Gasteiger partial charge in [-0.1, -0.05) is 6.07 Å². The van der Waals surface area contributed by atoms with E-state index in [9.17, 15) is 26.4 Å². The second-order valence-electron chi connectivity index (χ2n) is 5.10. The Balaban J connectivity index is 2.37. The van der Waals surface area contributed by atoms with Crippen molar-refractivity contribution in [2.75, 3.05) is 6.61 Å². The Morgan fingerprint density at radius 2 is 2.00 bits per heavy atom. The molecule has 0 fully saturated rings. The third-order valence-electron chi connectivity index (χ3n) is 3.10. The lowest BCUT2D eigenvalue weighted by atomic mass is 10.0. The number of ether oxygens (including phenoxy) is 1. The number of carbonyl (C=O) groups is 1. The molecule has 0 bridgehead atoms. The fourth-order valence-electron chi connectivity index (χ4n) is 1.99. The van der Waals surface area contributed by atoms with Crippen molar-refractivity contribution in [2.45, 2.75) is 31.7 Å². The summed E-state index contributed by atoms with van der Waals surface area (Å²) >= 11 is 0. The highest BCUT2D eigenvalue weighted by Crippen LogP contribution is 2.30. The molecule has 0 aliphatic heterocycles. The van der Waals surface area contributed by atoms with Crippen molar-refractivity contribution in [3.05, 3.63) is 35.7 Å². The number of pyridine rings is 1. The molecule has 2 heterocycles. The van der Waals surface area contributed by atoms with Gasteiger partial charge in [-0.05, 0) is 13.0 Å². The molecule has 13 heteroatoms. The van der Waals surface area contributed by atoms with Crippen LogP contribution in [0.25, 0.3) is 0 Å². The van der Waals surface area contributed by atoms with Crippen LogP contribution >= 0.6 is 0 Å². The van der Waals surface area contributed by atoms with E-state index in [1.165, 1.54) is 19.1 Å². The largest absolute Gasteiger partial charge is 0.534 e. The van der Waals surface area contributed by atoms with Gasteiger partial charge >= 0.3 is 21.6 Å². The molecular weight excluding hydrogens is 395 g/mol. The molecule has 2 aromatic heterocycles. The summed E-state index contributed by atoms with van der Waals surface area (Å²) < 4.78 is 73.8. The molecule has 27 heavy (non-hydrogen) atoms. The zero-order chi connectivity index (χ0) is 20.2. The summed E-state index contributed by atoms with van der Waals surface area (Å²) in [6, 6.07) is 3.48. The van der Waals surface area contributed by atoms with Crippen molar-refractivity contribution >= 4 is 16.1 Å². The lowest BCUT2D eigenvalue weighted by Gasteiger charge is -2.14. The number of carbonyl (C=O) groups excluding carboxylic acids is 1. The summed E-state index contributed by atoms with van der Waals surface area (Å²) in [5.41, 5.74) is -5.62. The van der Waals surface area contributed by atoms with Gasteiger partial charge in [0.2, 0.25) is 17.7 Å². The maximum Gasteiger partial charge on any atom is 0.534 e. The van der Waals surface area contributed by atoms with Gasteiger partial charge in [-0.3, -0.25) is 4.79 Å². The van der Waals surface area contributed by atoms with Gasteiger partial charge in [-0.15, -0.1) is 10.2 Å². The molecule has 0 aromatic carbocycles. The van der Waals surface area contributed by atoms with E-state index in [4.69, 9.17) is 9.15 Å². The lowest BCUT2D eigenvalue weighted by molar-refractivity contribution is -0.143. The van der Waals surface area contributed by atoms with Crippen LogP contribution in [0.5, 0.6) is 5.88 Å². The number of esters is 1. The highest BCUT2D eigenvalue weighted by atomic mass is 32.2. The predicted molar refractivity (Wildman–Crippen MR) is 82.0 cm³/mol. The molecule has 2 aromatic rings. The van der Waals surface area contributed by atoms with E-state index in [2.05, 4.69) is 19.4 Å². The Hall–Kier alpha value is -2.70. The van der Waals surface area contributed by atoms with Gasteiger partial charge in [0.1, 0.15) is 0 Å². The van der Waals surface area contributed by atoms with Crippen LogP contribution in [-0.4, -0.2) is 41.7 Å². The van der Waals surface area contributed by atoms with E-state index in [0.717, 1.165) is 6.07 Å². The molecule has 0 aliphatic carbocycles. The second kappa shape index (κ2) is 7.90. The fraction of sp³-hybridized carbons (Fsp3) is 0.429. The summed E-state index contributed by atoms with van der Waals surface area (Å²) in [6.07, 6.45) is -0.308. The normalized spacial score (nSPS) is 13.2. The summed E-state index contributed by atoms with van der Waals surface area (Å²) in [5, 5.41) is 7.40. The Bertz CT molecular complexity index is 913. The third kappa shape index (κ3) is 5.15. The van der Waals surface area contributed by atoms with Crippen LogP contribution in [0, 0.1) is 6.92 Å². The van der Waals surface area contributed by atoms with Crippen molar-refractivity contribution < 1.29 is 39.7 Å². The summed E-state index contributed by atoms with van der Waals surface area (Å²) in [7, 11) is -5.89. The summed E-state index contributed by atoms with van der Waals surface area (Å²) in [5.74, 6) is -2.29. The van der Waals surface area contributed by atoms with Crippen LogP contribution in [0.4, 0.5) is 13.2 Å². The molecule has 0 aliphatic rings. The molecule has 9 nitrogen and oxygen atoms in total. The number of hydrogen-bond donors (Lipinski definition) is 0. The van der Waals surface area contributed by atoms with Crippen LogP contribution in [0.3, 0.4) is 0 Å².